The molecule has 1 amide bonds. The van der Waals surface area contributed by atoms with E-state index < -0.39 is 47.3 Å². The Morgan fingerprint density at radius 2 is 1.85 bits per heavy atom. The summed E-state index contributed by atoms with van der Waals surface area (Å²) in [6, 6.07) is 5.59. The molecule has 1 aliphatic carbocycles. The highest BCUT2D eigenvalue weighted by Gasteiger charge is 2.34. The van der Waals surface area contributed by atoms with E-state index in [0.29, 0.717) is 40.6 Å². The van der Waals surface area contributed by atoms with Crippen LogP contribution < -0.4 is 22.0 Å². The summed E-state index contributed by atoms with van der Waals surface area (Å²) in [7, 11) is 1.75. The van der Waals surface area contributed by atoms with Gasteiger partial charge in [-0.2, -0.15) is 10.1 Å². The van der Waals surface area contributed by atoms with Crippen molar-refractivity contribution in [2.45, 2.75) is 37.8 Å². The van der Waals surface area contributed by atoms with Crippen LogP contribution in [0.2, 0.25) is 0 Å². The van der Waals surface area contributed by atoms with Gasteiger partial charge in [-0.3, -0.25) is 19.0 Å². The number of nitrogens with zero attached hydrogens (tertiary/aromatic N) is 6. The van der Waals surface area contributed by atoms with Crippen LogP contribution >= 0.6 is 11.6 Å². The summed E-state index contributed by atoms with van der Waals surface area (Å²) in [5.74, 6) is -4.69. The number of nitrogens with one attached hydrogen (secondary N) is 2. The van der Waals surface area contributed by atoms with E-state index in [1.807, 2.05) is 6.20 Å². The van der Waals surface area contributed by atoms with Crippen LogP contribution in [-0.4, -0.2) is 47.4 Å². The van der Waals surface area contributed by atoms with Gasteiger partial charge in [0.15, 0.2) is 11.6 Å². The molecule has 8 rings (SSSR count). The molecule has 2 bridgehead atoms. The summed E-state index contributed by atoms with van der Waals surface area (Å²) in [5.41, 5.74) is -0.0893. The summed E-state index contributed by atoms with van der Waals surface area (Å²) in [5, 5.41) is 11.9. The molecule has 2 N–H and O–H groups in total. The van der Waals surface area contributed by atoms with Crippen LogP contribution in [0.1, 0.15) is 41.1 Å². The van der Waals surface area contributed by atoms with E-state index in [2.05, 4.69) is 25.7 Å². The van der Waals surface area contributed by atoms with Crippen molar-refractivity contribution in [2.75, 3.05) is 11.9 Å². The second-order valence-corrected chi connectivity index (χ2v) is 11.9. The number of carbonyl (C=O) groups is 1. The normalized spacial score (nSPS) is 17.9. The summed E-state index contributed by atoms with van der Waals surface area (Å²) in [6.45, 7) is -0.345. The van der Waals surface area contributed by atoms with Crippen molar-refractivity contribution in [3.63, 3.8) is 0 Å². The number of halogens is 4. The van der Waals surface area contributed by atoms with Crippen LogP contribution in [0, 0.1) is 17.5 Å². The Balaban J connectivity index is 1.48. The van der Waals surface area contributed by atoms with Crippen molar-refractivity contribution in [3.05, 3.63) is 115 Å². The maximum atomic E-state index is 15.0. The average Bonchev–Trinajstić information content (AvgIpc) is 3.40. The first-order valence-electron chi connectivity index (χ1n) is 14.8. The molecule has 2 unspecified atom stereocenters. The number of fused-ring (bicyclic) bond motifs is 8. The molecule has 2 aliphatic heterocycles. The third-order valence-corrected chi connectivity index (χ3v) is 8.87. The zero-order valence-corrected chi connectivity index (χ0v) is 25.6. The molecule has 240 valence electrons. The Labute approximate surface area is 269 Å². The smallest absolute Gasteiger partial charge is 0.356 e. The highest BCUT2D eigenvalue weighted by atomic mass is 35.5. The van der Waals surface area contributed by atoms with Crippen molar-refractivity contribution in [3.8, 4) is 5.69 Å². The predicted octanol–water partition coefficient (Wildman–Crippen LogP) is 3.75. The SMILES string of the molecule is Cn1cc2c(n1)C=C(Cl)C1Nc3nc(=O)n(c(=O)n3Cc3cc(F)c(F)cc3F)-c3cncc4cccc(c34)CCC(=O)NCCC21. The van der Waals surface area contributed by atoms with Gasteiger partial charge in [0.2, 0.25) is 11.9 Å². The molecule has 2 aromatic carbocycles. The van der Waals surface area contributed by atoms with Gasteiger partial charge in [-0.05, 0) is 30.5 Å². The molecule has 0 saturated heterocycles. The standard InChI is InChI=1S/C32H26ClF3N8O3/c1-42-15-20-19-7-8-38-27(45)6-5-16-3-2-4-17-12-37-13-26(28(16)17)44-31(46)40-30(39-29(19)21(33)10-25(20)41-42)43(32(44)47)14-18-9-23(35)24(36)11-22(18)34/h2-4,9-13,15,19,29H,5-8,14H2,1H3,(H,38,45)(H,39,40,46). The zero-order valence-electron chi connectivity index (χ0n) is 24.8. The molecule has 2 atom stereocenters. The molecule has 0 saturated carbocycles. The Kier molecular flexibility index (Phi) is 7.66. The number of hydrogen-bond donors (Lipinski definition) is 2. The van der Waals surface area contributed by atoms with Gasteiger partial charge < -0.3 is 10.6 Å². The van der Waals surface area contributed by atoms with E-state index in [4.69, 9.17) is 11.6 Å². The monoisotopic (exact) mass is 662 g/mol. The summed E-state index contributed by atoms with van der Waals surface area (Å²) in [4.78, 5) is 49.6. The van der Waals surface area contributed by atoms with Crippen LogP contribution in [0.15, 0.2) is 63.5 Å². The van der Waals surface area contributed by atoms with Gasteiger partial charge >= 0.3 is 11.4 Å². The number of amides is 1. The van der Waals surface area contributed by atoms with Gasteiger partial charge in [0, 0.05) is 71.3 Å². The number of pyridine rings is 1. The fourth-order valence-corrected chi connectivity index (χ4v) is 6.64. The predicted molar refractivity (Wildman–Crippen MR) is 168 cm³/mol. The Morgan fingerprint density at radius 1 is 1.04 bits per heavy atom. The fourth-order valence-electron chi connectivity index (χ4n) is 6.33. The minimum Gasteiger partial charge on any atom is -0.356 e. The number of benzene rings is 2. The van der Waals surface area contributed by atoms with Gasteiger partial charge in [0.25, 0.3) is 0 Å². The Bertz CT molecular complexity index is 2240. The van der Waals surface area contributed by atoms with Crippen molar-refractivity contribution in [1.29, 1.82) is 0 Å². The lowest BCUT2D eigenvalue weighted by atomic mass is 9.84. The van der Waals surface area contributed by atoms with Gasteiger partial charge in [-0.1, -0.05) is 29.8 Å². The van der Waals surface area contributed by atoms with E-state index in [9.17, 15) is 23.2 Å². The molecule has 3 aromatic heterocycles. The van der Waals surface area contributed by atoms with Gasteiger partial charge in [-0.25, -0.2) is 27.3 Å². The molecule has 5 heterocycles. The summed E-state index contributed by atoms with van der Waals surface area (Å²) in [6.07, 6.45) is 7.14. The maximum Gasteiger partial charge on any atom is 0.359 e. The largest absolute Gasteiger partial charge is 0.359 e. The third kappa shape index (κ3) is 5.47. The van der Waals surface area contributed by atoms with Crippen LogP contribution in [-0.2, 0) is 24.8 Å². The number of anilines is 1. The van der Waals surface area contributed by atoms with Crippen LogP contribution in [0.25, 0.3) is 22.5 Å². The molecule has 47 heavy (non-hydrogen) atoms. The van der Waals surface area contributed by atoms with Crippen molar-refractivity contribution in [1.82, 2.24) is 34.2 Å². The Morgan fingerprint density at radius 3 is 2.68 bits per heavy atom. The van der Waals surface area contributed by atoms with Crippen molar-refractivity contribution < 1.29 is 18.0 Å². The topological polar surface area (TPSA) is 129 Å². The quantitative estimate of drug-likeness (QED) is 0.276. The number of rotatable bonds is 2. The van der Waals surface area contributed by atoms with Crippen LogP contribution in [0.4, 0.5) is 19.1 Å². The molecule has 11 nitrogen and oxygen atoms in total. The minimum atomic E-state index is -1.39. The first-order chi connectivity index (χ1) is 22.6. The summed E-state index contributed by atoms with van der Waals surface area (Å²) < 4.78 is 46.6. The second-order valence-electron chi connectivity index (χ2n) is 11.5. The van der Waals surface area contributed by atoms with Crippen molar-refractivity contribution >= 4 is 40.3 Å². The number of hydrogen-bond acceptors (Lipinski definition) is 7. The van der Waals surface area contributed by atoms with E-state index in [1.165, 1.54) is 6.20 Å². The summed E-state index contributed by atoms with van der Waals surface area (Å²) >= 11 is 6.79. The number of aromatic nitrogens is 6. The molecular weight excluding hydrogens is 637 g/mol. The molecular formula is C32H26ClF3N8O3. The molecule has 3 aliphatic rings. The lowest BCUT2D eigenvalue weighted by molar-refractivity contribution is -0.121. The minimum absolute atomic E-state index is 0.0904. The van der Waals surface area contributed by atoms with Gasteiger partial charge in [-0.15, -0.1) is 0 Å². The molecule has 15 heteroatoms. The lowest BCUT2D eigenvalue weighted by Crippen LogP contribution is -2.44. The van der Waals surface area contributed by atoms with E-state index >= 15 is 4.39 Å². The first kappa shape index (κ1) is 30.4. The lowest BCUT2D eigenvalue weighted by Gasteiger charge is -2.32. The van der Waals surface area contributed by atoms with Crippen LogP contribution in [0.5, 0.6) is 0 Å². The van der Waals surface area contributed by atoms with E-state index in [-0.39, 0.29) is 47.5 Å². The van der Waals surface area contributed by atoms with Gasteiger partial charge in [0.1, 0.15) is 5.82 Å². The molecule has 0 fully saturated rings. The zero-order chi connectivity index (χ0) is 33.0. The number of aryl methyl sites for hydroxylation is 2. The average molecular weight is 663 g/mol. The van der Waals surface area contributed by atoms with E-state index in [1.54, 1.807) is 42.2 Å². The van der Waals surface area contributed by atoms with Crippen LogP contribution in [0.3, 0.4) is 0 Å². The molecule has 5 aromatic rings. The second kappa shape index (κ2) is 11.8. The third-order valence-electron chi connectivity index (χ3n) is 8.52. The first-order valence-corrected chi connectivity index (χ1v) is 15.1. The highest BCUT2D eigenvalue weighted by Crippen LogP contribution is 2.38. The number of carbonyl (C=O) groups excluding carboxylic acids is 1. The molecule has 0 spiro atoms. The fraction of sp³-hybridized carbons (Fsp3) is 0.250. The van der Waals surface area contributed by atoms with Crippen molar-refractivity contribution in [2.24, 2.45) is 7.05 Å². The Hall–Kier alpha value is -5.24. The van der Waals surface area contributed by atoms with Gasteiger partial charge in [0.05, 0.1) is 30.2 Å². The molecule has 0 radical (unpaired) electrons. The maximum absolute atomic E-state index is 15.0. The highest BCUT2D eigenvalue weighted by molar-refractivity contribution is 6.32. The van der Waals surface area contributed by atoms with E-state index in [0.717, 1.165) is 14.7 Å².